The molecule has 0 amide bonds. The molecule has 33 heavy (non-hydrogen) atoms. The second kappa shape index (κ2) is 9.25. The predicted molar refractivity (Wildman–Crippen MR) is 114 cm³/mol. The van der Waals surface area contributed by atoms with E-state index in [0.29, 0.717) is 25.7 Å². The third-order valence-electron chi connectivity index (χ3n) is 9.47. The highest BCUT2D eigenvalue weighted by molar-refractivity contribution is 5.66. The van der Waals surface area contributed by atoms with Crippen LogP contribution in [-0.4, -0.2) is 28.8 Å². The van der Waals surface area contributed by atoms with Gasteiger partial charge in [0.2, 0.25) is 11.8 Å². The average molecular weight is 485 g/mol. The van der Waals surface area contributed by atoms with Crippen molar-refractivity contribution in [1.29, 1.82) is 0 Å². The first-order valence-electron chi connectivity index (χ1n) is 12.5. The lowest BCUT2D eigenvalue weighted by atomic mass is 9.48. The molecule has 3 saturated carbocycles. The fourth-order valence-corrected chi connectivity index (χ4v) is 7.30. The molecule has 1 unspecified atom stereocenters. The Balaban J connectivity index is 1.89. The summed E-state index contributed by atoms with van der Waals surface area (Å²) in [6, 6.07) is 0. The highest BCUT2D eigenvalue weighted by Crippen LogP contribution is 2.66. The number of carboxylic acid groups (broad SMARTS) is 1. The van der Waals surface area contributed by atoms with Gasteiger partial charge in [0.1, 0.15) is 0 Å². The summed E-state index contributed by atoms with van der Waals surface area (Å²) in [5, 5.41) is 8.95. The highest BCUT2D eigenvalue weighted by Gasteiger charge is 2.65. The van der Waals surface area contributed by atoms with Gasteiger partial charge in [0.15, 0.2) is 0 Å². The number of rotatable bonds is 8. The van der Waals surface area contributed by atoms with Crippen LogP contribution in [0.15, 0.2) is 0 Å². The zero-order valence-corrected chi connectivity index (χ0v) is 19.9. The molecule has 0 aromatic heterocycles. The van der Waals surface area contributed by atoms with Crippen LogP contribution in [0.2, 0.25) is 0 Å². The summed E-state index contributed by atoms with van der Waals surface area (Å²) in [5.74, 6) is -13.9. The van der Waals surface area contributed by atoms with Gasteiger partial charge in [-0.1, -0.05) is 20.8 Å². The van der Waals surface area contributed by atoms with E-state index in [2.05, 4.69) is 0 Å². The molecule has 0 aromatic rings. The lowest BCUT2D eigenvalue weighted by Gasteiger charge is -2.59. The molecule has 3 aliphatic carbocycles. The van der Waals surface area contributed by atoms with Crippen LogP contribution in [0.1, 0.15) is 91.4 Å². The molecular weight excluding hydrogens is 446 g/mol. The van der Waals surface area contributed by atoms with Crippen molar-refractivity contribution in [3.63, 3.8) is 0 Å². The van der Waals surface area contributed by atoms with Gasteiger partial charge in [-0.25, -0.2) is 26.3 Å². The van der Waals surface area contributed by atoms with E-state index >= 15 is 8.78 Å². The molecule has 0 spiro atoms. The predicted octanol–water partition coefficient (Wildman–Crippen LogP) is 8.05. The van der Waals surface area contributed by atoms with Crippen LogP contribution in [0.5, 0.6) is 0 Å². The second-order valence-corrected chi connectivity index (χ2v) is 11.5. The molecule has 2 nitrogen and oxygen atoms in total. The van der Waals surface area contributed by atoms with E-state index in [1.165, 1.54) is 6.92 Å². The molecule has 1 N–H and O–H groups in total. The second-order valence-electron chi connectivity index (χ2n) is 11.5. The van der Waals surface area contributed by atoms with E-state index in [9.17, 15) is 22.4 Å². The van der Waals surface area contributed by atoms with Crippen molar-refractivity contribution in [3.8, 4) is 0 Å². The van der Waals surface area contributed by atoms with Gasteiger partial charge in [0, 0.05) is 44.4 Å². The SMILES string of the molecule is CCC(F)(F)C[C@H]1[C@H]([C@@H]2CCC([C@H](C)CCC(=O)O)C2)C(F)(F)C[C@@H]2CC(F)(F)CC[C@@]21C. The van der Waals surface area contributed by atoms with Crippen molar-refractivity contribution in [2.45, 2.75) is 109 Å². The third-order valence-corrected chi connectivity index (χ3v) is 9.47. The zero-order chi connectivity index (χ0) is 24.8. The van der Waals surface area contributed by atoms with Crippen LogP contribution in [0.4, 0.5) is 26.3 Å². The van der Waals surface area contributed by atoms with Gasteiger partial charge in [-0.05, 0) is 67.1 Å². The molecule has 0 bridgehead atoms. The number of fused-ring (bicyclic) bond motifs is 1. The van der Waals surface area contributed by atoms with Gasteiger partial charge in [-0.3, -0.25) is 4.79 Å². The summed E-state index contributed by atoms with van der Waals surface area (Å²) in [6.45, 7) is 4.96. The molecule has 0 aliphatic heterocycles. The summed E-state index contributed by atoms with van der Waals surface area (Å²) >= 11 is 0. The highest BCUT2D eigenvalue weighted by atomic mass is 19.3. The van der Waals surface area contributed by atoms with E-state index in [1.807, 2.05) is 6.92 Å². The molecule has 8 heteroatoms. The number of halogens is 6. The summed E-state index contributed by atoms with van der Waals surface area (Å²) in [7, 11) is 0. The molecule has 0 saturated heterocycles. The largest absolute Gasteiger partial charge is 0.481 e. The number of aliphatic carboxylic acids is 1. The Morgan fingerprint density at radius 1 is 1.12 bits per heavy atom. The number of alkyl halides is 6. The lowest BCUT2D eigenvalue weighted by molar-refractivity contribution is -0.237. The van der Waals surface area contributed by atoms with E-state index in [1.54, 1.807) is 6.92 Å². The van der Waals surface area contributed by atoms with Gasteiger partial charge < -0.3 is 5.11 Å². The Kier molecular flexibility index (Phi) is 7.47. The average Bonchev–Trinajstić information content (AvgIpc) is 3.16. The first-order valence-corrected chi connectivity index (χ1v) is 12.5. The summed E-state index contributed by atoms with van der Waals surface area (Å²) < 4.78 is 89.0. The smallest absolute Gasteiger partial charge is 0.303 e. The molecule has 7 atom stereocenters. The number of hydrogen-bond donors (Lipinski definition) is 1. The topological polar surface area (TPSA) is 37.3 Å². The zero-order valence-electron chi connectivity index (χ0n) is 19.9. The molecule has 0 heterocycles. The van der Waals surface area contributed by atoms with Crippen molar-refractivity contribution in [1.82, 2.24) is 0 Å². The van der Waals surface area contributed by atoms with E-state index in [0.717, 1.165) is 0 Å². The molecule has 3 rings (SSSR count). The maximum absolute atomic E-state index is 15.7. The Bertz CT molecular complexity index is 711. The summed E-state index contributed by atoms with van der Waals surface area (Å²) in [4.78, 5) is 10.9. The fourth-order valence-electron chi connectivity index (χ4n) is 7.30. The molecule has 0 radical (unpaired) electrons. The maximum atomic E-state index is 15.7. The van der Waals surface area contributed by atoms with Gasteiger partial charge in [0.05, 0.1) is 0 Å². The van der Waals surface area contributed by atoms with Crippen LogP contribution in [0.3, 0.4) is 0 Å². The van der Waals surface area contributed by atoms with Crippen molar-refractivity contribution < 1.29 is 36.2 Å². The van der Waals surface area contributed by atoms with Crippen LogP contribution in [-0.2, 0) is 4.79 Å². The molecule has 3 aliphatic rings. The summed E-state index contributed by atoms with van der Waals surface area (Å²) in [6.07, 6.45) is -0.795. The minimum absolute atomic E-state index is 0.00707. The van der Waals surface area contributed by atoms with E-state index < -0.39 is 84.9 Å². The third kappa shape index (κ3) is 5.66. The standard InChI is InChI=1S/C25H38F6O2/c1-4-23(26,27)14-19-21(17-7-6-16(11-17)15(2)5-8-20(32)33)25(30,31)13-18-12-24(28,29)10-9-22(18,19)3/h15-19,21H,4-14H2,1-3H3,(H,32,33)/t15-,16?,17-,18+,19+,21+,22+/m1/s1. The number of carbonyl (C=O) groups is 1. The monoisotopic (exact) mass is 484 g/mol. The minimum Gasteiger partial charge on any atom is -0.481 e. The van der Waals surface area contributed by atoms with Gasteiger partial charge in [-0.2, -0.15) is 0 Å². The van der Waals surface area contributed by atoms with Gasteiger partial charge in [-0.15, -0.1) is 0 Å². The van der Waals surface area contributed by atoms with Crippen molar-refractivity contribution in [3.05, 3.63) is 0 Å². The molecule has 3 fully saturated rings. The fraction of sp³-hybridized carbons (Fsp3) is 0.960. The van der Waals surface area contributed by atoms with Gasteiger partial charge >= 0.3 is 5.97 Å². The Labute approximate surface area is 192 Å². The van der Waals surface area contributed by atoms with Crippen LogP contribution in [0, 0.1) is 40.9 Å². The van der Waals surface area contributed by atoms with Crippen molar-refractivity contribution in [2.24, 2.45) is 40.9 Å². The van der Waals surface area contributed by atoms with Crippen LogP contribution >= 0.6 is 0 Å². The van der Waals surface area contributed by atoms with E-state index in [-0.39, 0.29) is 24.7 Å². The Morgan fingerprint density at radius 2 is 1.79 bits per heavy atom. The summed E-state index contributed by atoms with van der Waals surface area (Å²) in [5.41, 5.74) is -0.959. The normalized spacial score (nSPS) is 39.1. The number of carboxylic acids is 1. The Morgan fingerprint density at radius 3 is 2.39 bits per heavy atom. The molecule has 0 aromatic carbocycles. The van der Waals surface area contributed by atoms with Crippen LogP contribution < -0.4 is 0 Å². The maximum Gasteiger partial charge on any atom is 0.303 e. The first kappa shape index (κ1) is 26.7. The molecular formula is C25H38F6O2. The van der Waals surface area contributed by atoms with Crippen molar-refractivity contribution >= 4 is 5.97 Å². The lowest BCUT2D eigenvalue weighted by Crippen LogP contribution is -2.58. The van der Waals surface area contributed by atoms with Crippen LogP contribution in [0.25, 0.3) is 0 Å². The quantitative estimate of drug-likeness (QED) is 0.354. The minimum atomic E-state index is -3.27. The number of hydrogen-bond acceptors (Lipinski definition) is 1. The van der Waals surface area contributed by atoms with E-state index in [4.69, 9.17) is 5.11 Å². The van der Waals surface area contributed by atoms with Gasteiger partial charge in [0.25, 0.3) is 5.92 Å². The Hall–Kier alpha value is -0.950. The first-order chi connectivity index (χ1) is 15.1. The van der Waals surface area contributed by atoms with Crippen molar-refractivity contribution in [2.75, 3.05) is 0 Å². The molecule has 192 valence electrons.